The van der Waals surface area contributed by atoms with Crippen LogP contribution in [0.3, 0.4) is 0 Å². The van der Waals surface area contributed by atoms with E-state index in [4.69, 9.17) is 13.9 Å². The molecule has 2 aromatic rings. The van der Waals surface area contributed by atoms with Crippen molar-refractivity contribution < 1.29 is 32.6 Å². The van der Waals surface area contributed by atoms with Gasteiger partial charge in [-0.05, 0) is 18.6 Å². The van der Waals surface area contributed by atoms with Crippen molar-refractivity contribution in [3.63, 3.8) is 0 Å². The van der Waals surface area contributed by atoms with Gasteiger partial charge in [-0.1, -0.05) is 28.1 Å². The summed E-state index contributed by atoms with van der Waals surface area (Å²) in [5.41, 5.74) is 0.477. The summed E-state index contributed by atoms with van der Waals surface area (Å²) in [5.74, 6) is -0.386. The standard InChI is InChI=1S/C16H18BrNO7S/c1-9(19)24-16-13(20)14(10-5-3-4-6-12(10)23-2)25-15(16)11(17)7-8-18-26(21)22/h3-6,11,18,20H,7-8H2,1-2H3,(H,21,22)/p-1. The van der Waals surface area contributed by atoms with E-state index in [2.05, 4.69) is 20.7 Å². The maximum absolute atomic E-state index is 11.4. The van der Waals surface area contributed by atoms with Crippen molar-refractivity contribution in [3.05, 3.63) is 30.0 Å². The van der Waals surface area contributed by atoms with Crippen LogP contribution in [0.15, 0.2) is 28.7 Å². The fraction of sp³-hybridized carbons (Fsp3) is 0.312. The number of methoxy groups -OCH3 is 1. The first-order valence-corrected chi connectivity index (χ1v) is 9.48. The van der Waals surface area contributed by atoms with Crippen LogP contribution in [0.2, 0.25) is 0 Å². The van der Waals surface area contributed by atoms with E-state index in [0.29, 0.717) is 17.7 Å². The molecule has 142 valence electrons. The first kappa shape index (κ1) is 20.4. The van der Waals surface area contributed by atoms with E-state index in [-0.39, 0.29) is 29.6 Å². The lowest BCUT2D eigenvalue weighted by atomic mass is 10.1. The second-order valence-electron chi connectivity index (χ2n) is 5.15. The van der Waals surface area contributed by atoms with Crippen LogP contribution in [0.25, 0.3) is 11.3 Å². The predicted molar refractivity (Wildman–Crippen MR) is 96.9 cm³/mol. The van der Waals surface area contributed by atoms with Gasteiger partial charge in [-0.25, -0.2) is 4.72 Å². The number of carbonyl (C=O) groups excluding carboxylic acids is 1. The number of esters is 1. The molecule has 26 heavy (non-hydrogen) atoms. The molecule has 0 aliphatic heterocycles. The van der Waals surface area contributed by atoms with Crippen LogP contribution in [0.4, 0.5) is 0 Å². The van der Waals surface area contributed by atoms with Gasteiger partial charge in [-0.3, -0.25) is 9.00 Å². The molecule has 10 heteroatoms. The van der Waals surface area contributed by atoms with E-state index >= 15 is 0 Å². The van der Waals surface area contributed by atoms with Gasteiger partial charge < -0.3 is 23.6 Å². The fourth-order valence-electron chi connectivity index (χ4n) is 2.29. The summed E-state index contributed by atoms with van der Waals surface area (Å²) in [6, 6.07) is 6.88. The van der Waals surface area contributed by atoms with Crippen LogP contribution in [-0.2, 0) is 16.1 Å². The molecule has 0 amide bonds. The first-order valence-electron chi connectivity index (χ1n) is 7.49. The Morgan fingerprint density at radius 1 is 1.46 bits per heavy atom. The second-order valence-corrected chi connectivity index (χ2v) is 7.02. The Kier molecular flexibility index (Phi) is 7.21. The SMILES string of the molecule is COc1ccccc1-c1oc(C(Br)CCNS(=O)[O-])c(OC(C)=O)c1O. The minimum Gasteiger partial charge on any atom is -0.760 e. The third-order valence-electron chi connectivity index (χ3n) is 3.37. The highest BCUT2D eigenvalue weighted by molar-refractivity contribution is 9.09. The average Bonchev–Trinajstić information content (AvgIpc) is 2.90. The summed E-state index contributed by atoms with van der Waals surface area (Å²) in [4.78, 5) is 10.9. The molecular weight excluding hydrogens is 430 g/mol. The van der Waals surface area contributed by atoms with E-state index in [0.717, 1.165) is 0 Å². The minimum absolute atomic E-state index is 0.0820. The number of hydrogen-bond acceptors (Lipinski definition) is 7. The van der Waals surface area contributed by atoms with E-state index < -0.39 is 22.1 Å². The minimum atomic E-state index is -2.39. The summed E-state index contributed by atoms with van der Waals surface area (Å²) in [6.07, 6.45) is 0.292. The number of hydrogen-bond donors (Lipinski definition) is 2. The summed E-state index contributed by atoms with van der Waals surface area (Å²) < 4.78 is 39.5. The lowest BCUT2D eigenvalue weighted by Crippen LogP contribution is -2.18. The molecule has 0 radical (unpaired) electrons. The maximum Gasteiger partial charge on any atom is 0.308 e. The Morgan fingerprint density at radius 3 is 2.77 bits per heavy atom. The van der Waals surface area contributed by atoms with Gasteiger partial charge in [-0.2, -0.15) is 0 Å². The second kappa shape index (κ2) is 9.17. The van der Waals surface area contributed by atoms with Crippen molar-refractivity contribution in [2.45, 2.75) is 18.2 Å². The number of ether oxygens (including phenoxy) is 2. The molecule has 1 heterocycles. The maximum atomic E-state index is 11.4. The Morgan fingerprint density at radius 2 is 2.15 bits per heavy atom. The Balaban J connectivity index is 2.44. The first-order chi connectivity index (χ1) is 12.3. The number of halogens is 1. The molecule has 2 atom stereocenters. The highest BCUT2D eigenvalue weighted by atomic mass is 79.9. The van der Waals surface area contributed by atoms with E-state index in [1.807, 2.05) is 0 Å². The van der Waals surface area contributed by atoms with Crippen molar-refractivity contribution in [2.75, 3.05) is 13.7 Å². The monoisotopic (exact) mass is 446 g/mol. The number of rotatable bonds is 8. The molecule has 0 bridgehead atoms. The van der Waals surface area contributed by atoms with Crippen LogP contribution >= 0.6 is 15.9 Å². The molecule has 0 saturated carbocycles. The largest absolute Gasteiger partial charge is 0.760 e. The highest BCUT2D eigenvalue weighted by Crippen LogP contribution is 2.49. The highest BCUT2D eigenvalue weighted by Gasteiger charge is 2.29. The number of furan rings is 1. The van der Waals surface area contributed by atoms with E-state index in [1.54, 1.807) is 24.3 Å². The number of aromatic hydroxyl groups is 1. The van der Waals surface area contributed by atoms with Gasteiger partial charge >= 0.3 is 5.97 Å². The predicted octanol–water partition coefficient (Wildman–Crippen LogP) is 2.80. The lowest BCUT2D eigenvalue weighted by Gasteiger charge is -2.11. The summed E-state index contributed by atoms with van der Waals surface area (Å²) in [7, 11) is 1.48. The Hall–Kier alpha value is -1.88. The van der Waals surface area contributed by atoms with Gasteiger partial charge in [0.2, 0.25) is 11.5 Å². The van der Waals surface area contributed by atoms with Gasteiger partial charge in [-0.15, -0.1) is 0 Å². The molecule has 2 rings (SSSR count). The zero-order valence-corrected chi connectivity index (χ0v) is 16.4. The zero-order chi connectivity index (χ0) is 19.3. The zero-order valence-electron chi connectivity index (χ0n) is 14.0. The topological polar surface area (TPSA) is 121 Å². The van der Waals surface area contributed by atoms with Crippen LogP contribution in [0, 0.1) is 0 Å². The van der Waals surface area contributed by atoms with Crippen molar-refractivity contribution >= 4 is 33.2 Å². The van der Waals surface area contributed by atoms with Crippen LogP contribution in [0.1, 0.15) is 23.9 Å². The van der Waals surface area contributed by atoms with Crippen LogP contribution < -0.4 is 14.2 Å². The van der Waals surface area contributed by atoms with E-state index in [1.165, 1.54) is 14.0 Å². The number of nitrogens with one attached hydrogen (secondary N) is 1. The van der Waals surface area contributed by atoms with Gasteiger partial charge in [0, 0.05) is 24.7 Å². The quantitative estimate of drug-likeness (QED) is 0.363. The molecule has 0 saturated heterocycles. The Bertz CT molecular complexity index is 808. The van der Waals surface area contributed by atoms with Crippen molar-refractivity contribution in [3.8, 4) is 28.6 Å². The van der Waals surface area contributed by atoms with Crippen LogP contribution in [0.5, 0.6) is 17.2 Å². The molecule has 0 spiro atoms. The number of carbonyl (C=O) groups is 1. The van der Waals surface area contributed by atoms with Crippen molar-refractivity contribution in [1.29, 1.82) is 0 Å². The third-order valence-corrected chi connectivity index (χ3v) is 4.68. The summed E-state index contributed by atoms with van der Waals surface area (Å²) >= 11 is 0.975. The molecule has 0 fully saturated rings. The number of alkyl halides is 1. The Labute approximate surface area is 161 Å². The average molecular weight is 447 g/mol. The number of benzene rings is 1. The van der Waals surface area contributed by atoms with Gasteiger partial charge in [0.25, 0.3) is 0 Å². The molecule has 1 aromatic heterocycles. The summed E-state index contributed by atoms with van der Waals surface area (Å²) in [6.45, 7) is 1.32. The van der Waals surface area contributed by atoms with Gasteiger partial charge in [0.15, 0.2) is 11.5 Å². The molecule has 0 aliphatic carbocycles. The molecule has 2 unspecified atom stereocenters. The van der Waals surface area contributed by atoms with Gasteiger partial charge in [0.1, 0.15) is 5.75 Å². The number of para-hydroxylation sites is 1. The van der Waals surface area contributed by atoms with Crippen molar-refractivity contribution in [2.24, 2.45) is 0 Å². The lowest BCUT2D eigenvalue weighted by molar-refractivity contribution is -0.132. The van der Waals surface area contributed by atoms with Gasteiger partial charge in [0.05, 0.1) is 17.5 Å². The summed E-state index contributed by atoms with van der Waals surface area (Å²) in [5, 5.41) is 10.5. The molecule has 2 N–H and O–H groups in total. The van der Waals surface area contributed by atoms with Crippen LogP contribution in [-0.4, -0.2) is 33.5 Å². The smallest absolute Gasteiger partial charge is 0.308 e. The fourth-order valence-corrected chi connectivity index (χ4v) is 3.10. The molecular formula is C16H17BrNO7S-. The van der Waals surface area contributed by atoms with Crippen molar-refractivity contribution in [1.82, 2.24) is 4.72 Å². The molecule has 8 nitrogen and oxygen atoms in total. The third kappa shape index (κ3) is 4.85. The normalized spacial score (nSPS) is 13.2. The van der Waals surface area contributed by atoms with E-state index in [9.17, 15) is 18.7 Å². The molecule has 1 aromatic carbocycles. The molecule has 0 aliphatic rings.